The van der Waals surface area contributed by atoms with E-state index < -0.39 is 51.5 Å². The molecule has 11 heteroatoms. The summed E-state index contributed by atoms with van der Waals surface area (Å²) in [5, 5.41) is 13.3. The van der Waals surface area contributed by atoms with Gasteiger partial charge in [-0.25, -0.2) is 12.7 Å². The van der Waals surface area contributed by atoms with Crippen molar-refractivity contribution in [2.45, 2.75) is 17.6 Å². The third kappa shape index (κ3) is 4.82. The number of rotatable bonds is 5. The number of alkyl halides is 3. The predicted molar refractivity (Wildman–Crippen MR) is 124 cm³/mol. The third-order valence-electron chi connectivity index (χ3n) is 5.49. The fourth-order valence-corrected chi connectivity index (χ4v) is 5.30. The van der Waals surface area contributed by atoms with Crippen molar-refractivity contribution in [3.05, 3.63) is 107 Å². The highest BCUT2D eigenvalue weighted by atomic mass is 32.2. The maximum atomic E-state index is 13.4. The summed E-state index contributed by atoms with van der Waals surface area (Å²) < 4.78 is 65.5. The molecule has 0 saturated heterocycles. The number of nitrogens with one attached hydrogen (secondary N) is 1. The molecule has 3 aromatic rings. The molecular formula is C25H19F3N2O5S. The molecule has 0 spiro atoms. The van der Waals surface area contributed by atoms with Gasteiger partial charge >= 0.3 is 6.18 Å². The van der Waals surface area contributed by atoms with Crippen molar-refractivity contribution in [2.24, 2.45) is 0 Å². The Bertz CT molecular complexity index is 1450. The molecule has 1 amide bonds. The number of halogens is 3. The molecule has 0 fully saturated rings. The minimum Gasteiger partial charge on any atom is -0.505 e. The zero-order chi connectivity index (χ0) is 26.1. The van der Waals surface area contributed by atoms with Crippen LogP contribution in [0.3, 0.4) is 0 Å². The lowest BCUT2D eigenvalue weighted by Gasteiger charge is -2.31. The number of sulfonamides is 1. The number of aliphatic hydroxyl groups is 1. The highest BCUT2D eigenvalue weighted by Crippen LogP contribution is 2.35. The van der Waals surface area contributed by atoms with Crippen molar-refractivity contribution >= 4 is 27.5 Å². The number of carbonyl (C=O) groups excluding carboxylic acids is 2. The summed E-state index contributed by atoms with van der Waals surface area (Å²) in [5.41, 5.74) is -1.05. The topological polar surface area (TPSA) is 104 Å². The zero-order valence-corrected chi connectivity index (χ0v) is 19.3. The molecule has 0 radical (unpaired) electrons. The van der Waals surface area contributed by atoms with Crippen LogP contribution in [0.5, 0.6) is 0 Å². The molecule has 0 aromatic heterocycles. The smallest absolute Gasteiger partial charge is 0.416 e. The molecule has 0 saturated carbocycles. The van der Waals surface area contributed by atoms with E-state index in [1.54, 1.807) is 18.2 Å². The third-order valence-corrected chi connectivity index (χ3v) is 7.30. The molecule has 3 aromatic carbocycles. The Morgan fingerprint density at radius 1 is 0.917 bits per heavy atom. The van der Waals surface area contributed by atoms with Crippen LogP contribution in [-0.2, 0) is 27.5 Å². The average molecular weight is 516 g/mol. The highest BCUT2D eigenvalue weighted by Gasteiger charge is 2.42. The Kier molecular flexibility index (Phi) is 6.59. The SMILES string of the molecule is O=C(CN1/C(=C(/O)c2ccccc2)C(=O)c2ccccc2S1(=O)=O)NCc1ccc(C(F)(F)F)cc1. The molecule has 0 atom stereocenters. The molecule has 1 aliphatic rings. The summed E-state index contributed by atoms with van der Waals surface area (Å²) in [6.07, 6.45) is -4.50. The molecule has 0 unspecified atom stereocenters. The second-order valence-electron chi connectivity index (χ2n) is 7.87. The van der Waals surface area contributed by atoms with Crippen molar-refractivity contribution in [3.63, 3.8) is 0 Å². The lowest BCUT2D eigenvalue weighted by molar-refractivity contribution is -0.137. The number of aliphatic hydroxyl groups excluding tert-OH is 1. The van der Waals surface area contributed by atoms with Gasteiger partial charge in [0.25, 0.3) is 10.0 Å². The van der Waals surface area contributed by atoms with E-state index in [0.717, 1.165) is 12.1 Å². The van der Waals surface area contributed by atoms with Crippen LogP contribution in [0.15, 0.2) is 89.5 Å². The van der Waals surface area contributed by atoms with E-state index in [1.165, 1.54) is 48.5 Å². The number of Topliss-reactive ketones (excluding diaryl/α,β-unsaturated/α-hetero) is 1. The Morgan fingerprint density at radius 2 is 1.53 bits per heavy atom. The van der Waals surface area contributed by atoms with Crippen LogP contribution in [0.1, 0.15) is 27.0 Å². The van der Waals surface area contributed by atoms with Crippen LogP contribution in [0.4, 0.5) is 13.2 Å². The fourth-order valence-electron chi connectivity index (χ4n) is 3.68. The van der Waals surface area contributed by atoms with Gasteiger partial charge in [-0.2, -0.15) is 13.2 Å². The van der Waals surface area contributed by atoms with Gasteiger partial charge in [0, 0.05) is 17.7 Å². The summed E-state index contributed by atoms with van der Waals surface area (Å²) >= 11 is 0. The first-order valence-corrected chi connectivity index (χ1v) is 12.0. The van der Waals surface area contributed by atoms with Crippen LogP contribution < -0.4 is 5.32 Å². The Hall–Kier alpha value is -4.12. The van der Waals surface area contributed by atoms with Crippen LogP contribution in [0.25, 0.3) is 5.76 Å². The van der Waals surface area contributed by atoms with E-state index >= 15 is 0 Å². The summed E-state index contributed by atoms with van der Waals surface area (Å²) in [7, 11) is -4.41. The second-order valence-corrected chi connectivity index (χ2v) is 9.70. The van der Waals surface area contributed by atoms with Gasteiger partial charge in [0.1, 0.15) is 12.2 Å². The number of ketones is 1. The first-order chi connectivity index (χ1) is 17.0. The fraction of sp³-hybridized carbons (Fsp3) is 0.120. The number of benzene rings is 3. The summed E-state index contributed by atoms with van der Waals surface area (Å²) in [6.45, 7) is -1.02. The number of hydrogen-bond donors (Lipinski definition) is 2. The second kappa shape index (κ2) is 9.50. The summed E-state index contributed by atoms with van der Waals surface area (Å²) in [4.78, 5) is 25.7. The molecule has 4 rings (SSSR count). The monoisotopic (exact) mass is 516 g/mol. The maximum Gasteiger partial charge on any atom is 0.416 e. The van der Waals surface area contributed by atoms with Gasteiger partial charge < -0.3 is 10.4 Å². The minimum atomic E-state index is -4.50. The first-order valence-electron chi connectivity index (χ1n) is 10.6. The van der Waals surface area contributed by atoms with Crippen molar-refractivity contribution in [1.29, 1.82) is 0 Å². The molecule has 1 aliphatic heterocycles. The molecule has 1 heterocycles. The predicted octanol–water partition coefficient (Wildman–Crippen LogP) is 4.14. The van der Waals surface area contributed by atoms with Crippen LogP contribution in [0.2, 0.25) is 0 Å². The van der Waals surface area contributed by atoms with Gasteiger partial charge in [-0.05, 0) is 29.8 Å². The number of nitrogens with zero attached hydrogens (tertiary/aromatic N) is 1. The Morgan fingerprint density at radius 3 is 2.17 bits per heavy atom. The number of fused-ring (bicyclic) bond motifs is 1. The highest BCUT2D eigenvalue weighted by molar-refractivity contribution is 7.89. The largest absolute Gasteiger partial charge is 0.505 e. The lowest BCUT2D eigenvalue weighted by atomic mass is 10.0. The number of allylic oxidation sites excluding steroid dienone is 1. The quantitative estimate of drug-likeness (QED) is 0.392. The minimum absolute atomic E-state index is 0.142. The van der Waals surface area contributed by atoms with E-state index in [9.17, 15) is 36.3 Å². The molecule has 36 heavy (non-hydrogen) atoms. The van der Waals surface area contributed by atoms with Crippen molar-refractivity contribution < 1.29 is 36.3 Å². The standard InChI is InChI=1S/C25H19F3N2O5S/c26-25(27,28)18-12-10-16(11-13-18)14-29-21(31)15-30-22(23(32)17-6-2-1-3-7-17)24(33)19-8-4-5-9-20(19)36(30,34)35/h1-13,32H,14-15H2,(H,29,31)/b23-22+. The van der Waals surface area contributed by atoms with Gasteiger partial charge in [0.2, 0.25) is 11.7 Å². The molecule has 7 nitrogen and oxygen atoms in total. The lowest BCUT2D eigenvalue weighted by Crippen LogP contribution is -2.45. The van der Waals surface area contributed by atoms with E-state index in [-0.39, 0.29) is 22.6 Å². The Balaban J connectivity index is 1.64. The van der Waals surface area contributed by atoms with Crippen molar-refractivity contribution in [2.75, 3.05) is 6.54 Å². The summed E-state index contributed by atoms with van der Waals surface area (Å²) in [6, 6.07) is 17.4. The van der Waals surface area contributed by atoms with E-state index in [1.807, 2.05) is 0 Å². The Labute approximate surface area is 204 Å². The van der Waals surface area contributed by atoms with Crippen LogP contribution in [-0.4, -0.2) is 36.1 Å². The van der Waals surface area contributed by atoms with Crippen molar-refractivity contribution in [1.82, 2.24) is 9.62 Å². The average Bonchev–Trinajstić information content (AvgIpc) is 2.86. The van der Waals surface area contributed by atoms with E-state index in [4.69, 9.17) is 0 Å². The number of hydrogen-bond acceptors (Lipinski definition) is 5. The molecule has 0 bridgehead atoms. The van der Waals surface area contributed by atoms with Gasteiger partial charge in [0.15, 0.2) is 5.76 Å². The summed E-state index contributed by atoms with van der Waals surface area (Å²) in [5.74, 6) is -2.23. The molecule has 186 valence electrons. The normalized spacial score (nSPS) is 16.3. The van der Waals surface area contributed by atoms with E-state index in [0.29, 0.717) is 9.87 Å². The van der Waals surface area contributed by atoms with Gasteiger partial charge in [-0.15, -0.1) is 0 Å². The van der Waals surface area contributed by atoms with Gasteiger partial charge in [0.05, 0.1) is 10.5 Å². The van der Waals surface area contributed by atoms with E-state index in [2.05, 4.69) is 5.32 Å². The molecule has 2 N–H and O–H groups in total. The zero-order valence-electron chi connectivity index (χ0n) is 18.5. The first kappa shape index (κ1) is 25.0. The van der Waals surface area contributed by atoms with Gasteiger partial charge in [-0.1, -0.05) is 54.6 Å². The molecular weight excluding hydrogens is 497 g/mol. The van der Waals surface area contributed by atoms with Crippen LogP contribution in [0, 0.1) is 0 Å². The molecule has 0 aliphatic carbocycles. The van der Waals surface area contributed by atoms with Crippen molar-refractivity contribution in [3.8, 4) is 0 Å². The van der Waals surface area contributed by atoms with Gasteiger partial charge in [-0.3, -0.25) is 9.59 Å². The van der Waals surface area contributed by atoms with Crippen LogP contribution >= 0.6 is 0 Å². The number of amides is 1. The number of carbonyl (C=O) groups is 2. The maximum absolute atomic E-state index is 13.4.